The standard InChI is InChI=1S/C82H57BN2O2/c1-82(2,3)60-50-73-79-74(51-60)85-72-43-41-57(53-26-10-5-11-27-53)45-66(72)62-33-17-21-37-76(62)87-78-39-23-19-35-64(78)68-47-59(55-30-14-7-15-31-55)49-70(81(68)85)83(79)69-48-58(54-28-12-6-13-29-54)46-67-63-34-18-22-38-77(63)86-75-36-20-16-32-61(75)65-44-56(52-24-8-4-9-25-52)40-42-71(65)84(73)80(67)69/h4-51H,1-3H3. The highest BCUT2D eigenvalue weighted by Gasteiger charge is 2.48. The zero-order valence-corrected chi connectivity index (χ0v) is 48.5. The maximum Gasteiger partial charge on any atom is 0.252 e. The molecule has 87 heavy (non-hydrogen) atoms. The van der Waals surface area contributed by atoms with E-state index in [0.29, 0.717) is 0 Å². The summed E-state index contributed by atoms with van der Waals surface area (Å²) in [6, 6.07) is 107. The van der Waals surface area contributed by atoms with E-state index < -0.39 is 0 Å². The molecule has 0 unspecified atom stereocenters. The van der Waals surface area contributed by atoms with Gasteiger partial charge in [-0.25, -0.2) is 0 Å². The first-order chi connectivity index (χ1) is 42.8. The number of hydrogen-bond acceptors (Lipinski definition) is 4. The molecule has 0 aromatic heterocycles. The van der Waals surface area contributed by atoms with Crippen molar-refractivity contribution < 1.29 is 9.47 Å². The molecule has 0 saturated heterocycles. The normalized spacial score (nSPS) is 12.9. The van der Waals surface area contributed by atoms with Gasteiger partial charge in [-0.15, -0.1) is 0 Å². The van der Waals surface area contributed by atoms with Gasteiger partial charge in [0.25, 0.3) is 6.71 Å². The number of hydrogen-bond donors (Lipinski definition) is 0. The molecular formula is C82H57BN2O2. The highest BCUT2D eigenvalue weighted by Crippen LogP contribution is 2.58. The second kappa shape index (κ2) is 19.9. The molecular weight excluding hydrogens is 1060 g/mol. The summed E-state index contributed by atoms with van der Waals surface area (Å²) in [5, 5.41) is 0. The van der Waals surface area contributed by atoms with Crippen molar-refractivity contribution in [3.05, 3.63) is 297 Å². The van der Waals surface area contributed by atoms with Gasteiger partial charge < -0.3 is 19.3 Å². The summed E-state index contributed by atoms with van der Waals surface area (Å²) in [6.45, 7) is 6.79. The van der Waals surface area contributed by atoms with Gasteiger partial charge in [-0.2, -0.15) is 0 Å². The first kappa shape index (κ1) is 50.6. The Balaban J connectivity index is 1.09. The van der Waals surface area contributed by atoms with Crippen molar-refractivity contribution in [2.75, 3.05) is 9.80 Å². The summed E-state index contributed by atoms with van der Waals surface area (Å²) in [7, 11) is 0. The Kier molecular flexibility index (Phi) is 11.6. The molecule has 4 aliphatic rings. The van der Waals surface area contributed by atoms with Gasteiger partial charge in [-0.3, -0.25) is 0 Å². The van der Waals surface area contributed by atoms with Crippen LogP contribution in [0.1, 0.15) is 26.3 Å². The summed E-state index contributed by atoms with van der Waals surface area (Å²) in [5.74, 6) is 3.16. The van der Waals surface area contributed by atoms with Crippen LogP contribution in [0.15, 0.2) is 291 Å². The van der Waals surface area contributed by atoms with Crippen LogP contribution in [0.5, 0.6) is 23.0 Å². The molecule has 5 heteroatoms. The van der Waals surface area contributed by atoms with E-state index in [0.717, 1.165) is 146 Å². The Labute approximate surface area is 508 Å². The Morgan fingerprint density at radius 2 is 0.575 bits per heavy atom. The topological polar surface area (TPSA) is 24.9 Å². The zero-order chi connectivity index (χ0) is 57.9. The van der Waals surface area contributed by atoms with E-state index >= 15 is 0 Å². The van der Waals surface area contributed by atoms with Crippen LogP contribution in [0.25, 0.3) is 89.0 Å². The van der Waals surface area contributed by atoms with Gasteiger partial charge in [-0.1, -0.05) is 239 Å². The van der Waals surface area contributed by atoms with Crippen molar-refractivity contribution in [2.24, 2.45) is 0 Å². The highest BCUT2D eigenvalue weighted by atomic mass is 16.5. The van der Waals surface area contributed by atoms with Crippen molar-refractivity contribution in [3.8, 4) is 112 Å². The van der Waals surface area contributed by atoms with Gasteiger partial charge in [0.1, 0.15) is 23.0 Å². The lowest BCUT2D eigenvalue weighted by atomic mass is 9.32. The maximum absolute atomic E-state index is 7.38. The van der Waals surface area contributed by atoms with Crippen molar-refractivity contribution in [1.82, 2.24) is 0 Å². The van der Waals surface area contributed by atoms with E-state index in [2.05, 4.69) is 322 Å². The summed E-state index contributed by atoms with van der Waals surface area (Å²) >= 11 is 0. The summed E-state index contributed by atoms with van der Waals surface area (Å²) in [5.41, 5.74) is 28.6. The molecule has 0 fully saturated rings. The van der Waals surface area contributed by atoms with E-state index in [1.165, 1.54) is 22.0 Å². The number of rotatable bonds is 4. The third kappa shape index (κ3) is 8.22. The minimum atomic E-state index is -0.296. The fourth-order valence-corrected chi connectivity index (χ4v) is 14.1. The Morgan fingerprint density at radius 1 is 0.264 bits per heavy atom. The number of para-hydroxylation sites is 4. The largest absolute Gasteiger partial charge is 0.456 e. The van der Waals surface area contributed by atoms with Crippen LogP contribution in [0.3, 0.4) is 0 Å². The van der Waals surface area contributed by atoms with Crippen molar-refractivity contribution in [2.45, 2.75) is 26.2 Å². The fraction of sp³-hybridized carbons (Fsp3) is 0.0488. The Morgan fingerprint density at radius 3 is 0.931 bits per heavy atom. The second-order valence-electron chi connectivity index (χ2n) is 24.3. The maximum atomic E-state index is 7.38. The Bertz CT molecular complexity index is 4620. The van der Waals surface area contributed by atoms with Crippen LogP contribution in [-0.4, -0.2) is 6.71 Å². The van der Waals surface area contributed by atoms with Gasteiger partial charge in [0.05, 0.1) is 11.4 Å². The van der Waals surface area contributed by atoms with Crippen molar-refractivity contribution in [3.63, 3.8) is 0 Å². The van der Waals surface area contributed by atoms with E-state index in [1.54, 1.807) is 0 Å². The average Bonchev–Trinajstić information content (AvgIpc) is 0.706. The van der Waals surface area contributed by atoms with E-state index in [4.69, 9.17) is 9.47 Å². The van der Waals surface area contributed by atoms with Crippen molar-refractivity contribution >= 4 is 57.2 Å². The van der Waals surface area contributed by atoms with Gasteiger partial charge >= 0.3 is 0 Å². The molecule has 0 N–H and O–H groups in total. The number of fused-ring (bicyclic) bond motifs is 16. The van der Waals surface area contributed by atoms with E-state index in [-0.39, 0.29) is 12.1 Å². The molecule has 4 heterocycles. The molecule has 13 aromatic rings. The van der Waals surface area contributed by atoms with Crippen LogP contribution in [0.2, 0.25) is 0 Å². The molecule has 0 bridgehead atoms. The number of ether oxygens (including phenoxy) is 2. The van der Waals surface area contributed by atoms with Gasteiger partial charge in [0, 0.05) is 67.3 Å². The summed E-state index contributed by atoms with van der Waals surface area (Å²) in [6.07, 6.45) is 0. The van der Waals surface area contributed by atoms with Gasteiger partial charge in [-0.05, 0) is 145 Å². The second-order valence-corrected chi connectivity index (χ2v) is 24.3. The van der Waals surface area contributed by atoms with Crippen LogP contribution in [0, 0.1) is 0 Å². The fourth-order valence-electron chi connectivity index (χ4n) is 14.1. The van der Waals surface area contributed by atoms with Crippen LogP contribution >= 0.6 is 0 Å². The predicted octanol–water partition coefficient (Wildman–Crippen LogP) is 20.6. The summed E-state index contributed by atoms with van der Waals surface area (Å²) in [4.78, 5) is 5.30. The number of benzene rings is 13. The molecule has 0 amide bonds. The minimum absolute atomic E-state index is 0.294. The zero-order valence-electron chi connectivity index (χ0n) is 48.5. The molecule has 0 atom stereocenters. The molecule has 0 saturated carbocycles. The number of nitrogens with zero attached hydrogens (tertiary/aromatic N) is 2. The molecule has 4 nitrogen and oxygen atoms in total. The lowest BCUT2D eigenvalue weighted by Crippen LogP contribution is -2.62. The highest BCUT2D eigenvalue weighted by molar-refractivity contribution is 7.00. The molecule has 0 aliphatic carbocycles. The minimum Gasteiger partial charge on any atom is -0.456 e. The third-order valence-corrected chi connectivity index (χ3v) is 18.2. The van der Waals surface area contributed by atoms with Crippen LogP contribution in [-0.2, 0) is 5.41 Å². The van der Waals surface area contributed by atoms with Crippen molar-refractivity contribution in [1.29, 1.82) is 0 Å². The Hall–Kier alpha value is -10.9. The lowest BCUT2D eigenvalue weighted by molar-refractivity contribution is 0.486. The monoisotopic (exact) mass is 1110 g/mol. The smallest absolute Gasteiger partial charge is 0.252 e. The van der Waals surface area contributed by atoms with E-state index in [1.807, 2.05) is 0 Å². The predicted molar refractivity (Wildman–Crippen MR) is 363 cm³/mol. The molecule has 13 aromatic carbocycles. The van der Waals surface area contributed by atoms with Gasteiger partial charge in [0.2, 0.25) is 0 Å². The summed E-state index contributed by atoms with van der Waals surface area (Å²) < 4.78 is 14.8. The average molecular weight is 1110 g/mol. The molecule has 17 rings (SSSR count). The lowest BCUT2D eigenvalue weighted by Gasteiger charge is -2.47. The van der Waals surface area contributed by atoms with Gasteiger partial charge in [0.15, 0.2) is 0 Å². The quantitative estimate of drug-likeness (QED) is 0.164. The molecule has 4 aliphatic heterocycles. The molecule has 0 spiro atoms. The van der Waals surface area contributed by atoms with E-state index in [9.17, 15) is 0 Å². The van der Waals surface area contributed by atoms with Crippen LogP contribution in [0.4, 0.5) is 34.1 Å². The first-order valence-corrected chi connectivity index (χ1v) is 30.2. The third-order valence-electron chi connectivity index (χ3n) is 18.2. The number of anilines is 6. The van der Waals surface area contributed by atoms with Crippen LogP contribution < -0.4 is 35.7 Å². The SMILES string of the molecule is CC(C)(C)c1cc2c3c(c1)N1c4ccc(-c5ccccc5)cc4-c4ccccc4Oc4ccccc4-c4cc(-c5ccccc5)cc(c41)B3c1cc(-c3ccccc3)cc3c1N2c1ccc(-c2ccccc2)cc1-c1ccccc1Oc1ccccc1-3. The first-order valence-electron chi connectivity index (χ1n) is 30.2. The molecule has 0 radical (unpaired) electrons. The molecule has 410 valence electrons.